The number of aromatic amines is 2. The molecule has 3 heterocycles. The monoisotopic (exact) mass is 353 g/mol. The number of nitrogens with zero attached hydrogens (tertiary/aromatic N) is 3. The Hall–Kier alpha value is -2.70. The third kappa shape index (κ3) is 2.41. The van der Waals surface area contributed by atoms with Gasteiger partial charge in [0.05, 0.1) is 17.1 Å². The summed E-state index contributed by atoms with van der Waals surface area (Å²) >= 11 is 0. The van der Waals surface area contributed by atoms with Crippen molar-refractivity contribution >= 4 is 16.9 Å². The zero-order valence-corrected chi connectivity index (χ0v) is 14.4. The predicted molar refractivity (Wildman–Crippen MR) is 94.3 cm³/mol. The van der Waals surface area contributed by atoms with Gasteiger partial charge in [-0.15, -0.1) is 0 Å². The van der Waals surface area contributed by atoms with Crippen LogP contribution in [0, 0.1) is 5.82 Å². The molecule has 2 N–H and O–H groups in total. The minimum absolute atomic E-state index is 0.0291. The molecule has 26 heavy (non-hydrogen) atoms. The van der Waals surface area contributed by atoms with Crippen molar-refractivity contribution in [3.63, 3.8) is 0 Å². The van der Waals surface area contributed by atoms with Crippen LogP contribution in [0.3, 0.4) is 0 Å². The summed E-state index contributed by atoms with van der Waals surface area (Å²) in [6, 6.07) is 4.39. The highest BCUT2D eigenvalue weighted by Gasteiger charge is 2.35. The highest BCUT2D eigenvalue weighted by Crippen LogP contribution is 2.34. The molecule has 6 nitrogen and oxygen atoms in total. The number of rotatable bonds is 2. The fourth-order valence-electron chi connectivity index (χ4n) is 4.25. The Morgan fingerprint density at radius 2 is 2.12 bits per heavy atom. The van der Waals surface area contributed by atoms with Gasteiger partial charge in [-0.1, -0.05) is 0 Å². The van der Waals surface area contributed by atoms with E-state index in [-0.39, 0.29) is 17.8 Å². The van der Waals surface area contributed by atoms with Crippen molar-refractivity contribution in [3.05, 3.63) is 46.8 Å². The van der Waals surface area contributed by atoms with Crippen molar-refractivity contribution in [1.29, 1.82) is 0 Å². The normalized spacial score (nSPS) is 19.9. The molecule has 1 amide bonds. The number of aromatic nitrogens is 4. The molecule has 0 spiro atoms. The van der Waals surface area contributed by atoms with Crippen LogP contribution < -0.4 is 0 Å². The lowest BCUT2D eigenvalue weighted by Gasteiger charge is -2.23. The summed E-state index contributed by atoms with van der Waals surface area (Å²) in [6.45, 7) is 0.691. The number of carbonyl (C=O) groups excluding carboxylic acids is 1. The number of nitrogens with one attached hydrogen (secondary N) is 2. The second kappa shape index (κ2) is 5.93. The highest BCUT2D eigenvalue weighted by atomic mass is 19.1. The molecule has 1 aliphatic heterocycles. The van der Waals surface area contributed by atoms with Crippen molar-refractivity contribution in [1.82, 2.24) is 25.1 Å². The van der Waals surface area contributed by atoms with Gasteiger partial charge >= 0.3 is 0 Å². The van der Waals surface area contributed by atoms with Gasteiger partial charge in [0.1, 0.15) is 11.6 Å². The van der Waals surface area contributed by atoms with Crippen LogP contribution in [0.15, 0.2) is 18.2 Å². The average molecular weight is 353 g/mol. The van der Waals surface area contributed by atoms with E-state index in [0.717, 1.165) is 61.1 Å². The van der Waals surface area contributed by atoms with E-state index in [1.54, 1.807) is 6.07 Å². The SMILES string of the molecule is O=C(c1n[nH]c2c1CCCC2)N1CCC[C@@H]1c1nc2ccc(F)cc2[nH]1. The molecule has 3 aromatic rings. The van der Waals surface area contributed by atoms with E-state index in [9.17, 15) is 9.18 Å². The third-order valence-electron chi connectivity index (χ3n) is 5.55. The first-order valence-electron chi connectivity index (χ1n) is 9.23. The van der Waals surface area contributed by atoms with Crippen LogP contribution in [-0.4, -0.2) is 37.5 Å². The van der Waals surface area contributed by atoms with E-state index in [4.69, 9.17) is 0 Å². The first-order valence-corrected chi connectivity index (χ1v) is 9.23. The number of imidazole rings is 1. The standard InChI is InChI=1S/C19H20FN5O/c20-11-7-8-14-15(10-11)22-18(21-14)16-6-3-9-25(16)19(26)17-12-4-1-2-5-13(12)23-24-17/h7-8,10,16H,1-6,9H2,(H,21,22)(H,23,24)/t16-/m1/s1. The summed E-state index contributed by atoms with van der Waals surface area (Å²) in [6.07, 6.45) is 5.90. The van der Waals surface area contributed by atoms with Crippen LogP contribution in [0.5, 0.6) is 0 Å². The summed E-state index contributed by atoms with van der Waals surface area (Å²) in [5.74, 6) is 0.398. The number of hydrogen-bond donors (Lipinski definition) is 2. The minimum Gasteiger partial charge on any atom is -0.340 e. The number of amides is 1. The molecule has 5 rings (SSSR count). The number of hydrogen-bond acceptors (Lipinski definition) is 3. The zero-order chi connectivity index (χ0) is 17.7. The van der Waals surface area contributed by atoms with E-state index in [1.165, 1.54) is 12.1 Å². The van der Waals surface area contributed by atoms with Gasteiger partial charge in [0, 0.05) is 17.8 Å². The van der Waals surface area contributed by atoms with E-state index in [1.807, 2.05) is 4.90 Å². The molecule has 1 aromatic carbocycles. The third-order valence-corrected chi connectivity index (χ3v) is 5.55. The number of halogens is 1. The Morgan fingerprint density at radius 1 is 1.23 bits per heavy atom. The Morgan fingerprint density at radius 3 is 3.04 bits per heavy atom. The maximum Gasteiger partial charge on any atom is 0.275 e. The highest BCUT2D eigenvalue weighted by molar-refractivity contribution is 5.94. The first-order chi connectivity index (χ1) is 12.7. The summed E-state index contributed by atoms with van der Waals surface area (Å²) in [7, 11) is 0. The van der Waals surface area contributed by atoms with E-state index < -0.39 is 0 Å². The number of likely N-dealkylation sites (tertiary alicyclic amines) is 1. The summed E-state index contributed by atoms with van der Waals surface area (Å²) < 4.78 is 13.5. The number of aryl methyl sites for hydroxylation is 1. The smallest absolute Gasteiger partial charge is 0.275 e. The van der Waals surface area contributed by atoms with Crippen molar-refractivity contribution in [2.24, 2.45) is 0 Å². The molecule has 1 saturated heterocycles. The fourth-order valence-corrected chi connectivity index (χ4v) is 4.25. The molecule has 0 saturated carbocycles. The molecule has 0 radical (unpaired) electrons. The maximum absolute atomic E-state index is 13.5. The lowest BCUT2D eigenvalue weighted by molar-refractivity contribution is 0.0723. The summed E-state index contributed by atoms with van der Waals surface area (Å²) in [4.78, 5) is 22.8. The predicted octanol–water partition coefficient (Wildman–Crippen LogP) is 3.28. The van der Waals surface area contributed by atoms with Gasteiger partial charge in [0.25, 0.3) is 5.91 Å². The molecular formula is C19H20FN5O. The second-order valence-electron chi connectivity index (χ2n) is 7.18. The quantitative estimate of drug-likeness (QED) is 0.742. The molecule has 2 aromatic heterocycles. The van der Waals surface area contributed by atoms with Crippen LogP contribution in [-0.2, 0) is 12.8 Å². The number of H-pyrrole nitrogens is 2. The molecule has 1 fully saturated rings. The van der Waals surface area contributed by atoms with Crippen LogP contribution in [0.4, 0.5) is 4.39 Å². The molecule has 2 aliphatic rings. The molecular weight excluding hydrogens is 333 g/mol. The van der Waals surface area contributed by atoms with Gasteiger partial charge in [0.15, 0.2) is 5.69 Å². The Labute approximate surface area is 149 Å². The zero-order valence-electron chi connectivity index (χ0n) is 14.4. The van der Waals surface area contributed by atoms with Crippen LogP contribution in [0.25, 0.3) is 11.0 Å². The number of fused-ring (bicyclic) bond motifs is 2. The second-order valence-corrected chi connectivity index (χ2v) is 7.18. The topological polar surface area (TPSA) is 77.7 Å². The molecule has 134 valence electrons. The van der Waals surface area contributed by atoms with Gasteiger partial charge in [-0.05, 0) is 56.7 Å². The van der Waals surface area contributed by atoms with Crippen LogP contribution >= 0.6 is 0 Å². The van der Waals surface area contributed by atoms with E-state index in [2.05, 4.69) is 20.2 Å². The van der Waals surface area contributed by atoms with Gasteiger partial charge in [-0.2, -0.15) is 5.10 Å². The largest absolute Gasteiger partial charge is 0.340 e. The van der Waals surface area contributed by atoms with E-state index >= 15 is 0 Å². The Bertz CT molecular complexity index is 991. The summed E-state index contributed by atoms with van der Waals surface area (Å²) in [5, 5.41) is 7.38. The molecule has 1 atom stereocenters. The number of carbonyl (C=O) groups is 1. The Kier molecular flexibility index (Phi) is 3.55. The first kappa shape index (κ1) is 15.5. The van der Waals surface area contributed by atoms with Crippen molar-refractivity contribution in [2.75, 3.05) is 6.54 Å². The molecule has 7 heteroatoms. The summed E-state index contributed by atoms with van der Waals surface area (Å²) in [5.41, 5.74) is 4.14. The molecule has 0 unspecified atom stereocenters. The Balaban J connectivity index is 1.48. The van der Waals surface area contributed by atoms with Gasteiger partial charge in [-0.3, -0.25) is 9.89 Å². The maximum atomic E-state index is 13.5. The minimum atomic E-state index is -0.296. The van der Waals surface area contributed by atoms with Gasteiger partial charge in [-0.25, -0.2) is 9.37 Å². The van der Waals surface area contributed by atoms with Gasteiger partial charge in [0.2, 0.25) is 0 Å². The lowest BCUT2D eigenvalue weighted by atomic mass is 9.95. The fraction of sp³-hybridized carbons (Fsp3) is 0.421. The number of benzene rings is 1. The van der Waals surface area contributed by atoms with Crippen LogP contribution in [0.2, 0.25) is 0 Å². The lowest BCUT2D eigenvalue weighted by Crippen LogP contribution is -2.32. The van der Waals surface area contributed by atoms with Crippen molar-refractivity contribution < 1.29 is 9.18 Å². The molecule has 1 aliphatic carbocycles. The van der Waals surface area contributed by atoms with Crippen molar-refractivity contribution in [2.45, 2.75) is 44.6 Å². The van der Waals surface area contributed by atoms with Crippen LogP contribution in [0.1, 0.15) is 59.3 Å². The molecule has 0 bridgehead atoms. The van der Waals surface area contributed by atoms with E-state index in [0.29, 0.717) is 17.8 Å². The van der Waals surface area contributed by atoms with Gasteiger partial charge < -0.3 is 9.88 Å². The average Bonchev–Trinajstić information content (AvgIpc) is 3.37. The van der Waals surface area contributed by atoms with Crippen molar-refractivity contribution in [3.8, 4) is 0 Å².